The number of quaternary nitrogens is 1. The molecule has 3 aromatic carbocycles. The van der Waals surface area contributed by atoms with E-state index in [2.05, 4.69) is 60.9 Å². The van der Waals surface area contributed by atoms with Crippen LogP contribution in [-0.4, -0.2) is 12.5 Å². The van der Waals surface area contributed by atoms with Gasteiger partial charge >= 0.3 is 0 Å². The highest BCUT2D eigenvalue weighted by atomic mass is 16.1. The van der Waals surface area contributed by atoms with Gasteiger partial charge < -0.3 is 10.6 Å². The third-order valence-electron chi connectivity index (χ3n) is 5.23. The Hall–Kier alpha value is -2.91. The third-order valence-corrected chi connectivity index (χ3v) is 5.23. The minimum absolute atomic E-state index is 0.00755. The predicted molar refractivity (Wildman–Crippen MR) is 115 cm³/mol. The van der Waals surface area contributed by atoms with Crippen LogP contribution in [0.15, 0.2) is 84.9 Å². The second-order valence-corrected chi connectivity index (χ2v) is 7.22. The molecular weight excluding hydrogens is 344 g/mol. The molecule has 0 bridgehead atoms. The summed E-state index contributed by atoms with van der Waals surface area (Å²) in [6.07, 6.45) is 1.11. The Labute approximate surface area is 167 Å². The van der Waals surface area contributed by atoms with Crippen LogP contribution in [0.25, 0.3) is 0 Å². The molecule has 0 saturated carbocycles. The number of amides is 1. The van der Waals surface area contributed by atoms with Crippen molar-refractivity contribution in [3.05, 3.63) is 102 Å². The Morgan fingerprint density at radius 2 is 1.36 bits per heavy atom. The Kier molecular flexibility index (Phi) is 6.99. The monoisotopic (exact) mass is 373 g/mol. The highest BCUT2D eigenvalue weighted by molar-refractivity contribution is 5.91. The van der Waals surface area contributed by atoms with Crippen LogP contribution in [-0.2, 0) is 4.79 Å². The maximum atomic E-state index is 12.5. The van der Waals surface area contributed by atoms with Gasteiger partial charge in [0.15, 0.2) is 6.54 Å². The predicted octanol–water partition coefficient (Wildman–Crippen LogP) is 4.49. The number of hydrogen-bond donors (Lipinski definition) is 2. The molecule has 28 heavy (non-hydrogen) atoms. The first-order chi connectivity index (χ1) is 13.7. The highest BCUT2D eigenvalue weighted by Crippen LogP contribution is 2.20. The van der Waals surface area contributed by atoms with E-state index in [9.17, 15) is 4.79 Å². The van der Waals surface area contributed by atoms with E-state index in [0.717, 1.165) is 12.1 Å². The zero-order chi connectivity index (χ0) is 19.8. The van der Waals surface area contributed by atoms with Gasteiger partial charge in [0.05, 0.1) is 0 Å². The Balaban J connectivity index is 1.64. The van der Waals surface area contributed by atoms with E-state index in [4.69, 9.17) is 0 Å². The normalized spacial score (nSPS) is 12.0. The van der Waals surface area contributed by atoms with Crippen LogP contribution < -0.4 is 10.6 Å². The van der Waals surface area contributed by atoms with Gasteiger partial charge in [-0.3, -0.25) is 4.79 Å². The second kappa shape index (κ2) is 9.86. The molecule has 3 rings (SSSR count). The molecule has 3 aromatic rings. The second-order valence-electron chi connectivity index (χ2n) is 7.22. The van der Waals surface area contributed by atoms with E-state index in [0.29, 0.717) is 12.5 Å². The summed E-state index contributed by atoms with van der Waals surface area (Å²) in [4.78, 5) is 12.5. The molecule has 144 valence electrons. The van der Waals surface area contributed by atoms with Gasteiger partial charge in [0.2, 0.25) is 0 Å². The minimum atomic E-state index is 0.00755. The molecule has 0 aliphatic heterocycles. The van der Waals surface area contributed by atoms with Crippen LogP contribution in [0.1, 0.15) is 48.9 Å². The van der Waals surface area contributed by atoms with Crippen LogP contribution in [0.3, 0.4) is 0 Å². The SMILES string of the molecule is CC[C@@H](C)c1ccc(NC(=O)C[NH2+]C(c2ccccc2)c2ccccc2)cc1. The zero-order valence-corrected chi connectivity index (χ0v) is 16.6. The number of anilines is 1. The lowest BCUT2D eigenvalue weighted by Crippen LogP contribution is -2.87. The van der Waals surface area contributed by atoms with Crippen molar-refractivity contribution in [1.82, 2.24) is 0 Å². The lowest BCUT2D eigenvalue weighted by molar-refractivity contribution is -0.676. The van der Waals surface area contributed by atoms with Gasteiger partial charge in [0.1, 0.15) is 6.04 Å². The van der Waals surface area contributed by atoms with Crippen molar-refractivity contribution in [3.63, 3.8) is 0 Å². The molecule has 0 aliphatic carbocycles. The number of nitrogens with two attached hydrogens (primary N) is 1. The average Bonchev–Trinajstić information content (AvgIpc) is 2.75. The Bertz CT molecular complexity index is 821. The fraction of sp³-hybridized carbons (Fsp3) is 0.240. The summed E-state index contributed by atoms with van der Waals surface area (Å²) in [5.74, 6) is 0.545. The van der Waals surface area contributed by atoms with Gasteiger partial charge in [0.25, 0.3) is 5.91 Å². The molecule has 0 heterocycles. The van der Waals surface area contributed by atoms with Crippen LogP contribution in [0.4, 0.5) is 5.69 Å². The number of hydrogen-bond acceptors (Lipinski definition) is 1. The van der Waals surface area contributed by atoms with Gasteiger partial charge in [-0.25, -0.2) is 0 Å². The summed E-state index contributed by atoms with van der Waals surface area (Å²) >= 11 is 0. The van der Waals surface area contributed by atoms with E-state index in [1.165, 1.54) is 16.7 Å². The smallest absolute Gasteiger partial charge is 0.279 e. The number of benzene rings is 3. The molecule has 0 radical (unpaired) electrons. The summed E-state index contributed by atoms with van der Waals surface area (Å²) in [7, 11) is 0. The number of rotatable bonds is 8. The van der Waals surface area contributed by atoms with E-state index in [1.54, 1.807) is 0 Å². The van der Waals surface area contributed by atoms with Gasteiger partial charge in [0, 0.05) is 16.8 Å². The minimum Gasteiger partial charge on any atom is -0.328 e. The molecule has 3 nitrogen and oxygen atoms in total. The molecule has 0 fully saturated rings. The van der Waals surface area contributed by atoms with Crippen molar-refractivity contribution in [3.8, 4) is 0 Å². The quantitative estimate of drug-likeness (QED) is 0.600. The molecule has 1 atom stereocenters. The molecule has 3 N–H and O–H groups in total. The van der Waals surface area contributed by atoms with E-state index < -0.39 is 0 Å². The highest BCUT2D eigenvalue weighted by Gasteiger charge is 2.18. The first-order valence-corrected chi connectivity index (χ1v) is 10.0. The zero-order valence-electron chi connectivity index (χ0n) is 16.6. The van der Waals surface area contributed by atoms with Crippen molar-refractivity contribution in [1.29, 1.82) is 0 Å². The molecule has 0 aliphatic rings. The van der Waals surface area contributed by atoms with Crippen molar-refractivity contribution in [2.75, 3.05) is 11.9 Å². The fourth-order valence-electron chi connectivity index (χ4n) is 3.35. The van der Waals surface area contributed by atoms with E-state index >= 15 is 0 Å². The maximum Gasteiger partial charge on any atom is 0.279 e. The third kappa shape index (κ3) is 5.30. The molecule has 3 heteroatoms. The summed E-state index contributed by atoms with van der Waals surface area (Å²) in [5.41, 5.74) is 4.54. The molecule has 1 amide bonds. The molecule has 0 saturated heterocycles. The fourth-order valence-corrected chi connectivity index (χ4v) is 3.35. The number of carbonyl (C=O) groups excluding carboxylic acids is 1. The topological polar surface area (TPSA) is 45.7 Å². The molecule has 0 spiro atoms. The van der Waals surface area contributed by atoms with Gasteiger partial charge in [-0.2, -0.15) is 0 Å². The molecular formula is C25H29N2O+. The van der Waals surface area contributed by atoms with Crippen LogP contribution in [0, 0.1) is 0 Å². The van der Waals surface area contributed by atoms with Crippen molar-refractivity contribution < 1.29 is 10.1 Å². The lowest BCUT2D eigenvalue weighted by atomic mass is 9.98. The Morgan fingerprint density at radius 3 is 1.86 bits per heavy atom. The summed E-state index contributed by atoms with van der Waals surface area (Å²) in [6.45, 7) is 4.77. The lowest BCUT2D eigenvalue weighted by Gasteiger charge is -2.16. The first kappa shape index (κ1) is 19.8. The van der Waals surface area contributed by atoms with Crippen LogP contribution in [0.5, 0.6) is 0 Å². The summed E-state index contributed by atoms with van der Waals surface area (Å²) in [6, 6.07) is 28.9. The van der Waals surface area contributed by atoms with Crippen LogP contribution in [0.2, 0.25) is 0 Å². The Morgan fingerprint density at radius 1 is 0.821 bits per heavy atom. The largest absolute Gasteiger partial charge is 0.328 e. The van der Waals surface area contributed by atoms with Crippen molar-refractivity contribution >= 4 is 11.6 Å². The first-order valence-electron chi connectivity index (χ1n) is 10.0. The van der Waals surface area contributed by atoms with E-state index in [-0.39, 0.29) is 11.9 Å². The van der Waals surface area contributed by atoms with Crippen molar-refractivity contribution in [2.45, 2.75) is 32.2 Å². The summed E-state index contributed by atoms with van der Waals surface area (Å²) in [5, 5.41) is 5.10. The van der Waals surface area contributed by atoms with Crippen molar-refractivity contribution in [2.24, 2.45) is 0 Å². The van der Waals surface area contributed by atoms with Gasteiger partial charge in [-0.05, 0) is 30.0 Å². The van der Waals surface area contributed by atoms with E-state index in [1.807, 2.05) is 48.5 Å². The van der Waals surface area contributed by atoms with Gasteiger partial charge in [-0.1, -0.05) is 86.6 Å². The summed E-state index contributed by atoms with van der Waals surface area (Å²) < 4.78 is 0. The van der Waals surface area contributed by atoms with Gasteiger partial charge in [-0.15, -0.1) is 0 Å². The number of carbonyl (C=O) groups is 1. The molecule has 0 unspecified atom stereocenters. The maximum absolute atomic E-state index is 12.5. The standard InChI is InChI=1S/C25H28N2O/c1-3-19(2)20-14-16-23(17-15-20)27-24(28)18-26-25(21-10-6-4-7-11-21)22-12-8-5-9-13-22/h4-17,19,25-26H,3,18H2,1-2H3,(H,27,28)/p+1/t19-/m1/s1. The average molecular weight is 374 g/mol. The van der Waals surface area contributed by atoms with Crippen LogP contribution >= 0.6 is 0 Å². The number of nitrogens with one attached hydrogen (secondary N) is 1. The molecule has 0 aromatic heterocycles.